The van der Waals surface area contributed by atoms with Crippen molar-refractivity contribution >= 4 is 5.91 Å². The molecule has 0 N–H and O–H groups in total. The first kappa shape index (κ1) is 19.1. The van der Waals surface area contributed by atoms with Crippen LogP contribution in [0.1, 0.15) is 36.5 Å². The van der Waals surface area contributed by atoms with Crippen LogP contribution in [-0.2, 0) is 23.4 Å². The van der Waals surface area contributed by atoms with E-state index in [0.29, 0.717) is 19.6 Å². The van der Waals surface area contributed by atoms with E-state index >= 15 is 0 Å². The average molecular weight is 406 g/mol. The van der Waals surface area contributed by atoms with Crippen LogP contribution in [0.3, 0.4) is 0 Å². The van der Waals surface area contributed by atoms with Crippen molar-refractivity contribution in [3.8, 4) is 5.75 Å². The molecule has 2 fully saturated rings. The molecule has 1 amide bonds. The van der Waals surface area contributed by atoms with Crippen molar-refractivity contribution in [3.05, 3.63) is 75.3 Å². The van der Waals surface area contributed by atoms with Gasteiger partial charge in [0, 0.05) is 29.7 Å². The number of carbonyl (C=O) groups is 1. The molecule has 156 valence electrons. The third-order valence-corrected chi connectivity index (χ3v) is 7.43. The van der Waals surface area contributed by atoms with Gasteiger partial charge in [-0.25, -0.2) is 0 Å². The van der Waals surface area contributed by atoms with Gasteiger partial charge in [0.2, 0.25) is 12.5 Å². The van der Waals surface area contributed by atoms with Gasteiger partial charge in [-0.3, -0.25) is 14.9 Å². The first-order valence-corrected chi connectivity index (χ1v) is 10.7. The predicted molar refractivity (Wildman–Crippen MR) is 112 cm³/mol. The van der Waals surface area contributed by atoms with Gasteiger partial charge in [0.25, 0.3) is 0 Å². The monoisotopic (exact) mass is 406 g/mol. The standard InChI is InChI=1S/C24H26N2O4/c1-16-13-24-21-8-7-19(30-15-17-5-3-2-4-6-17)11-18(21)9-10-25(24)23(27)12-22(24)20(16)14-26(28)29/h2-8,11,16,20,22H,9-10,12-15H2,1H3/t16-,20+,22-,24-/m0/s1. The van der Waals surface area contributed by atoms with Crippen molar-refractivity contribution in [2.75, 3.05) is 13.1 Å². The third kappa shape index (κ3) is 2.89. The van der Waals surface area contributed by atoms with Crippen LogP contribution in [0.4, 0.5) is 0 Å². The summed E-state index contributed by atoms with van der Waals surface area (Å²) in [6.07, 6.45) is 2.03. The number of fused-ring (bicyclic) bond motifs is 1. The number of benzene rings is 2. The number of ether oxygens (including phenoxy) is 1. The van der Waals surface area contributed by atoms with Crippen LogP contribution < -0.4 is 4.74 Å². The minimum absolute atomic E-state index is 0.0144. The summed E-state index contributed by atoms with van der Waals surface area (Å²) in [6, 6.07) is 16.3. The number of amides is 1. The fourth-order valence-corrected chi connectivity index (χ4v) is 6.22. The van der Waals surface area contributed by atoms with Gasteiger partial charge in [0.05, 0.1) is 5.54 Å². The van der Waals surface area contributed by atoms with Gasteiger partial charge in [-0.1, -0.05) is 43.3 Å². The number of hydrogen-bond donors (Lipinski definition) is 0. The van der Waals surface area contributed by atoms with E-state index < -0.39 is 0 Å². The van der Waals surface area contributed by atoms with Gasteiger partial charge in [-0.2, -0.15) is 0 Å². The first-order valence-electron chi connectivity index (χ1n) is 10.7. The Hall–Kier alpha value is -2.89. The minimum Gasteiger partial charge on any atom is -0.489 e. The van der Waals surface area contributed by atoms with Crippen LogP contribution in [0.15, 0.2) is 48.5 Å². The molecule has 0 radical (unpaired) electrons. The highest BCUT2D eigenvalue weighted by Crippen LogP contribution is 2.60. The van der Waals surface area contributed by atoms with Crippen LogP contribution in [0.25, 0.3) is 0 Å². The molecular weight excluding hydrogens is 380 g/mol. The van der Waals surface area contributed by atoms with Gasteiger partial charge in [0.1, 0.15) is 12.4 Å². The molecule has 2 heterocycles. The van der Waals surface area contributed by atoms with E-state index in [1.54, 1.807) is 0 Å². The van der Waals surface area contributed by atoms with Crippen LogP contribution in [-0.4, -0.2) is 28.8 Å². The summed E-state index contributed by atoms with van der Waals surface area (Å²) in [5, 5.41) is 11.3. The van der Waals surface area contributed by atoms with Crippen molar-refractivity contribution in [2.24, 2.45) is 17.8 Å². The second-order valence-electron chi connectivity index (χ2n) is 8.98. The molecule has 0 unspecified atom stereocenters. The molecule has 3 aliphatic rings. The van der Waals surface area contributed by atoms with Gasteiger partial charge in [0.15, 0.2) is 0 Å². The predicted octanol–water partition coefficient (Wildman–Crippen LogP) is 3.80. The number of nitro groups is 1. The molecule has 1 spiro atoms. The quantitative estimate of drug-likeness (QED) is 0.559. The Balaban J connectivity index is 1.47. The Bertz CT molecular complexity index is 992. The number of rotatable bonds is 5. The van der Waals surface area contributed by atoms with E-state index in [4.69, 9.17) is 4.74 Å². The van der Waals surface area contributed by atoms with Crippen molar-refractivity contribution in [2.45, 2.75) is 38.3 Å². The van der Waals surface area contributed by atoms with E-state index in [9.17, 15) is 14.9 Å². The minimum atomic E-state index is -0.386. The summed E-state index contributed by atoms with van der Waals surface area (Å²) in [5.74, 6) is 1.15. The zero-order valence-electron chi connectivity index (χ0n) is 17.1. The maximum atomic E-state index is 12.8. The first-order chi connectivity index (χ1) is 14.5. The summed E-state index contributed by atoms with van der Waals surface area (Å²) in [5.41, 5.74) is 3.12. The molecule has 4 atom stereocenters. The molecule has 5 rings (SSSR count). The third-order valence-electron chi connectivity index (χ3n) is 7.43. The highest BCUT2D eigenvalue weighted by atomic mass is 16.6. The summed E-state index contributed by atoms with van der Waals surface area (Å²) in [7, 11) is 0. The highest BCUT2D eigenvalue weighted by Gasteiger charge is 2.64. The number of carbonyl (C=O) groups excluding carboxylic acids is 1. The Morgan fingerprint density at radius 1 is 1.23 bits per heavy atom. The molecule has 0 bridgehead atoms. The lowest BCUT2D eigenvalue weighted by atomic mass is 9.74. The molecular formula is C24H26N2O4. The average Bonchev–Trinajstić information content (AvgIpc) is 3.16. The molecule has 6 nitrogen and oxygen atoms in total. The zero-order chi connectivity index (χ0) is 20.9. The largest absolute Gasteiger partial charge is 0.489 e. The fraction of sp³-hybridized carbons (Fsp3) is 0.458. The lowest BCUT2D eigenvalue weighted by Crippen LogP contribution is -2.49. The second-order valence-corrected chi connectivity index (χ2v) is 8.98. The summed E-state index contributed by atoms with van der Waals surface area (Å²) >= 11 is 0. The number of nitrogens with zero attached hydrogens (tertiary/aromatic N) is 2. The van der Waals surface area contributed by atoms with Gasteiger partial charge in [-0.05, 0) is 47.6 Å². The van der Waals surface area contributed by atoms with Crippen molar-refractivity contribution in [1.29, 1.82) is 0 Å². The van der Waals surface area contributed by atoms with Crippen molar-refractivity contribution in [1.82, 2.24) is 4.90 Å². The maximum absolute atomic E-state index is 12.8. The van der Waals surface area contributed by atoms with E-state index in [0.717, 1.165) is 24.2 Å². The maximum Gasteiger partial charge on any atom is 0.223 e. The Morgan fingerprint density at radius 2 is 2.03 bits per heavy atom. The van der Waals surface area contributed by atoms with Gasteiger partial charge >= 0.3 is 0 Å². The van der Waals surface area contributed by atoms with E-state index in [1.807, 2.05) is 41.3 Å². The second kappa shape index (κ2) is 7.11. The summed E-state index contributed by atoms with van der Waals surface area (Å²) in [4.78, 5) is 25.9. The molecule has 2 aliphatic heterocycles. The van der Waals surface area contributed by atoms with Crippen LogP contribution in [0, 0.1) is 27.9 Å². The van der Waals surface area contributed by atoms with Gasteiger partial charge < -0.3 is 9.64 Å². The van der Waals surface area contributed by atoms with E-state index in [1.165, 1.54) is 11.1 Å². The van der Waals surface area contributed by atoms with E-state index in [2.05, 4.69) is 19.1 Å². The molecule has 0 aromatic heterocycles. The molecule has 1 saturated carbocycles. The lowest BCUT2D eigenvalue weighted by Gasteiger charge is -2.44. The normalized spacial score (nSPS) is 29.3. The SMILES string of the molecule is C[C@H]1C[C@@]23c4ccc(OCc5ccccc5)cc4CCN2C(=O)C[C@H]3[C@@H]1C[N+](=O)[O-]. The highest BCUT2D eigenvalue weighted by molar-refractivity contribution is 5.82. The molecule has 2 aromatic rings. The molecule has 30 heavy (non-hydrogen) atoms. The Morgan fingerprint density at radius 3 is 2.80 bits per heavy atom. The smallest absolute Gasteiger partial charge is 0.223 e. The molecule has 1 saturated heterocycles. The molecule has 6 heteroatoms. The fourth-order valence-electron chi connectivity index (χ4n) is 6.22. The van der Waals surface area contributed by atoms with Crippen molar-refractivity contribution < 1.29 is 14.5 Å². The Kier molecular flexibility index (Phi) is 4.53. The summed E-state index contributed by atoms with van der Waals surface area (Å²) < 4.78 is 6.02. The lowest BCUT2D eigenvalue weighted by molar-refractivity contribution is -0.491. The van der Waals surface area contributed by atoms with Gasteiger partial charge in [-0.15, -0.1) is 0 Å². The van der Waals surface area contributed by atoms with Crippen LogP contribution in [0.5, 0.6) is 5.75 Å². The Labute approximate surface area is 176 Å². The number of hydrogen-bond acceptors (Lipinski definition) is 4. The van der Waals surface area contributed by atoms with E-state index in [-0.39, 0.29) is 40.7 Å². The summed E-state index contributed by atoms with van der Waals surface area (Å²) in [6.45, 7) is 3.25. The molecule has 1 aliphatic carbocycles. The topological polar surface area (TPSA) is 72.7 Å². The zero-order valence-corrected chi connectivity index (χ0v) is 17.1. The molecule has 2 aromatic carbocycles. The van der Waals surface area contributed by atoms with Crippen molar-refractivity contribution in [3.63, 3.8) is 0 Å². The van der Waals surface area contributed by atoms with Crippen LogP contribution >= 0.6 is 0 Å². The van der Waals surface area contributed by atoms with Crippen LogP contribution in [0.2, 0.25) is 0 Å².